The van der Waals surface area contributed by atoms with Crippen molar-refractivity contribution in [3.05, 3.63) is 0 Å². The molecule has 0 aromatic carbocycles. The molecular formula is C13H20N2O4S. The molecule has 3 atom stereocenters. The molecule has 2 fully saturated rings. The lowest BCUT2D eigenvalue weighted by molar-refractivity contribution is -0.146. The van der Waals surface area contributed by atoms with E-state index in [-0.39, 0.29) is 30.7 Å². The molecule has 2 amide bonds. The fourth-order valence-electron chi connectivity index (χ4n) is 2.33. The highest BCUT2D eigenvalue weighted by Gasteiger charge is 2.43. The average Bonchev–Trinajstić information content (AvgIpc) is 2.92. The molecule has 0 aromatic rings. The molecule has 0 aromatic heterocycles. The SMILES string of the molecule is CC1CC1C(=O)NCCC(=O)NC1(C(=O)O)CCSC1. The molecule has 0 bridgehead atoms. The van der Waals surface area contributed by atoms with Crippen LogP contribution >= 0.6 is 11.8 Å². The van der Waals surface area contributed by atoms with E-state index in [2.05, 4.69) is 10.6 Å². The van der Waals surface area contributed by atoms with Crippen LogP contribution in [0.25, 0.3) is 0 Å². The second-order valence-electron chi connectivity index (χ2n) is 5.60. The van der Waals surface area contributed by atoms with E-state index in [9.17, 15) is 19.5 Å². The Morgan fingerprint density at radius 2 is 2.10 bits per heavy atom. The zero-order valence-corrected chi connectivity index (χ0v) is 12.3. The van der Waals surface area contributed by atoms with Gasteiger partial charge in [0.25, 0.3) is 0 Å². The third-order valence-electron chi connectivity index (χ3n) is 3.91. The molecular weight excluding hydrogens is 280 g/mol. The van der Waals surface area contributed by atoms with Gasteiger partial charge in [-0.1, -0.05) is 6.92 Å². The third-order valence-corrected chi connectivity index (χ3v) is 5.10. The summed E-state index contributed by atoms with van der Waals surface area (Å²) in [5.74, 6) is 0.368. The van der Waals surface area contributed by atoms with Crippen LogP contribution in [0.4, 0.5) is 0 Å². The normalized spacial score (nSPS) is 31.6. The van der Waals surface area contributed by atoms with Gasteiger partial charge in [-0.05, 0) is 24.5 Å². The zero-order chi connectivity index (χ0) is 14.8. The van der Waals surface area contributed by atoms with Gasteiger partial charge in [-0.2, -0.15) is 11.8 Å². The van der Waals surface area contributed by atoms with Crippen molar-refractivity contribution < 1.29 is 19.5 Å². The fraction of sp³-hybridized carbons (Fsp3) is 0.769. The number of amides is 2. The van der Waals surface area contributed by atoms with Crippen molar-refractivity contribution in [3.8, 4) is 0 Å². The Labute approximate surface area is 122 Å². The summed E-state index contributed by atoms with van der Waals surface area (Å²) in [6.07, 6.45) is 1.48. The van der Waals surface area contributed by atoms with Crippen LogP contribution in [-0.4, -0.2) is 46.5 Å². The van der Waals surface area contributed by atoms with Crippen molar-refractivity contribution in [2.45, 2.75) is 31.7 Å². The smallest absolute Gasteiger partial charge is 0.330 e. The number of rotatable bonds is 6. The molecule has 112 valence electrons. The summed E-state index contributed by atoms with van der Waals surface area (Å²) in [5, 5.41) is 14.6. The fourth-order valence-corrected chi connectivity index (χ4v) is 3.66. The van der Waals surface area contributed by atoms with Crippen LogP contribution in [0.3, 0.4) is 0 Å². The van der Waals surface area contributed by atoms with Gasteiger partial charge in [0, 0.05) is 24.6 Å². The standard InChI is InChI=1S/C13H20N2O4S/c1-8-6-9(8)11(17)14-4-2-10(16)15-13(12(18)19)3-5-20-7-13/h8-9H,2-7H2,1H3,(H,14,17)(H,15,16)(H,18,19). The summed E-state index contributed by atoms with van der Waals surface area (Å²) >= 11 is 1.53. The van der Waals surface area contributed by atoms with Gasteiger partial charge in [0.2, 0.25) is 11.8 Å². The molecule has 1 aliphatic carbocycles. The van der Waals surface area contributed by atoms with Crippen molar-refractivity contribution in [1.82, 2.24) is 10.6 Å². The number of carboxylic acid groups (broad SMARTS) is 1. The van der Waals surface area contributed by atoms with Crippen LogP contribution in [0.5, 0.6) is 0 Å². The minimum atomic E-state index is -1.13. The monoisotopic (exact) mass is 300 g/mol. The molecule has 2 aliphatic rings. The minimum Gasteiger partial charge on any atom is -0.479 e. The van der Waals surface area contributed by atoms with Crippen molar-refractivity contribution in [2.75, 3.05) is 18.1 Å². The van der Waals surface area contributed by atoms with Gasteiger partial charge in [-0.3, -0.25) is 9.59 Å². The first-order valence-electron chi connectivity index (χ1n) is 6.84. The number of carboxylic acids is 1. The summed E-state index contributed by atoms with van der Waals surface area (Å²) in [4.78, 5) is 34.7. The van der Waals surface area contributed by atoms with Gasteiger partial charge in [0.1, 0.15) is 5.54 Å². The topological polar surface area (TPSA) is 95.5 Å². The number of thioether (sulfide) groups is 1. The van der Waals surface area contributed by atoms with Gasteiger partial charge >= 0.3 is 5.97 Å². The highest BCUT2D eigenvalue weighted by Crippen LogP contribution is 2.37. The molecule has 3 N–H and O–H groups in total. The Bertz CT molecular complexity index is 421. The van der Waals surface area contributed by atoms with Gasteiger partial charge in [0.05, 0.1) is 0 Å². The van der Waals surface area contributed by atoms with E-state index in [1.165, 1.54) is 11.8 Å². The average molecular weight is 300 g/mol. The molecule has 0 radical (unpaired) electrons. The van der Waals surface area contributed by atoms with E-state index in [4.69, 9.17) is 0 Å². The number of hydrogen-bond acceptors (Lipinski definition) is 4. The van der Waals surface area contributed by atoms with Gasteiger partial charge in [0.15, 0.2) is 0 Å². The second-order valence-corrected chi connectivity index (χ2v) is 6.70. The van der Waals surface area contributed by atoms with E-state index in [0.29, 0.717) is 18.1 Å². The second kappa shape index (κ2) is 6.03. The van der Waals surface area contributed by atoms with Gasteiger partial charge in [-0.15, -0.1) is 0 Å². The molecule has 2 rings (SSSR count). The predicted octanol–water partition coefficient (Wildman–Crippen LogP) is 0.225. The third kappa shape index (κ3) is 3.45. The van der Waals surface area contributed by atoms with Crippen LogP contribution in [0.2, 0.25) is 0 Å². The first kappa shape index (κ1) is 15.2. The summed E-state index contributed by atoms with van der Waals surface area (Å²) < 4.78 is 0. The zero-order valence-electron chi connectivity index (χ0n) is 11.5. The summed E-state index contributed by atoms with van der Waals surface area (Å²) in [5.41, 5.74) is -1.13. The Morgan fingerprint density at radius 3 is 2.60 bits per heavy atom. The minimum absolute atomic E-state index is 0.00494. The lowest BCUT2D eigenvalue weighted by atomic mass is 9.99. The summed E-state index contributed by atoms with van der Waals surface area (Å²) in [6, 6.07) is 0. The predicted molar refractivity (Wildman–Crippen MR) is 75.3 cm³/mol. The Hall–Kier alpha value is -1.24. The number of hydrogen-bond donors (Lipinski definition) is 3. The van der Waals surface area contributed by atoms with Crippen molar-refractivity contribution in [3.63, 3.8) is 0 Å². The van der Waals surface area contributed by atoms with Gasteiger partial charge in [-0.25, -0.2) is 4.79 Å². The highest BCUT2D eigenvalue weighted by molar-refractivity contribution is 7.99. The Balaban J connectivity index is 1.72. The van der Waals surface area contributed by atoms with Crippen molar-refractivity contribution in [1.29, 1.82) is 0 Å². The molecule has 1 aliphatic heterocycles. The van der Waals surface area contributed by atoms with Gasteiger partial charge < -0.3 is 15.7 Å². The van der Waals surface area contributed by atoms with Crippen LogP contribution in [0, 0.1) is 11.8 Å². The molecule has 1 saturated carbocycles. The molecule has 0 spiro atoms. The first-order chi connectivity index (χ1) is 9.44. The van der Waals surface area contributed by atoms with Crippen LogP contribution in [0.1, 0.15) is 26.2 Å². The van der Waals surface area contributed by atoms with E-state index >= 15 is 0 Å². The lowest BCUT2D eigenvalue weighted by Crippen LogP contribution is -2.55. The molecule has 6 nitrogen and oxygen atoms in total. The Morgan fingerprint density at radius 1 is 1.40 bits per heavy atom. The van der Waals surface area contributed by atoms with E-state index in [1.807, 2.05) is 6.92 Å². The molecule has 1 heterocycles. The van der Waals surface area contributed by atoms with E-state index < -0.39 is 11.5 Å². The van der Waals surface area contributed by atoms with Crippen LogP contribution in [-0.2, 0) is 14.4 Å². The number of nitrogens with one attached hydrogen (secondary N) is 2. The number of carbonyl (C=O) groups excluding carboxylic acids is 2. The van der Waals surface area contributed by atoms with E-state index in [1.54, 1.807) is 0 Å². The summed E-state index contributed by atoms with van der Waals surface area (Å²) in [6.45, 7) is 2.28. The first-order valence-corrected chi connectivity index (χ1v) is 8.00. The molecule has 20 heavy (non-hydrogen) atoms. The quantitative estimate of drug-likeness (QED) is 0.652. The van der Waals surface area contributed by atoms with Crippen molar-refractivity contribution in [2.24, 2.45) is 11.8 Å². The molecule has 7 heteroatoms. The van der Waals surface area contributed by atoms with E-state index in [0.717, 1.165) is 12.2 Å². The highest BCUT2D eigenvalue weighted by atomic mass is 32.2. The van der Waals surface area contributed by atoms with Crippen LogP contribution < -0.4 is 10.6 Å². The summed E-state index contributed by atoms with van der Waals surface area (Å²) in [7, 11) is 0. The molecule has 3 unspecified atom stereocenters. The maximum absolute atomic E-state index is 11.8. The van der Waals surface area contributed by atoms with Crippen LogP contribution in [0.15, 0.2) is 0 Å². The number of carbonyl (C=O) groups is 3. The maximum Gasteiger partial charge on any atom is 0.330 e. The number of aliphatic carboxylic acids is 1. The largest absolute Gasteiger partial charge is 0.479 e. The lowest BCUT2D eigenvalue weighted by Gasteiger charge is -2.24. The molecule has 1 saturated heterocycles. The maximum atomic E-state index is 11.8. The Kier molecular flexibility index (Phi) is 4.57. The van der Waals surface area contributed by atoms with Crippen molar-refractivity contribution >= 4 is 29.5 Å².